The van der Waals surface area contributed by atoms with E-state index in [9.17, 15) is 0 Å². The van der Waals surface area contributed by atoms with E-state index in [1.807, 2.05) is 27.0 Å². The van der Waals surface area contributed by atoms with E-state index in [1.54, 1.807) is 6.20 Å². The third-order valence-corrected chi connectivity index (χ3v) is 2.97. The quantitative estimate of drug-likeness (QED) is 0.764. The lowest BCUT2D eigenvalue weighted by atomic mass is 10.1. The van der Waals surface area contributed by atoms with Crippen molar-refractivity contribution in [2.24, 2.45) is 0 Å². The zero-order chi connectivity index (χ0) is 12.4. The van der Waals surface area contributed by atoms with Gasteiger partial charge in [-0.3, -0.25) is 4.98 Å². The van der Waals surface area contributed by atoms with Crippen molar-refractivity contribution < 1.29 is 0 Å². The van der Waals surface area contributed by atoms with Crippen LogP contribution in [0.25, 0.3) is 11.3 Å². The summed E-state index contributed by atoms with van der Waals surface area (Å²) in [6.07, 6.45) is 4.40. The largest absolute Gasteiger partial charge is 0.264 e. The van der Waals surface area contributed by atoms with Crippen LogP contribution < -0.4 is 0 Å². The summed E-state index contributed by atoms with van der Waals surface area (Å²) >= 11 is 6.12. The van der Waals surface area contributed by atoms with Crippen molar-refractivity contribution in [3.05, 3.63) is 40.6 Å². The molecule has 2 aromatic heterocycles. The van der Waals surface area contributed by atoms with E-state index in [2.05, 4.69) is 21.0 Å². The molecule has 88 valence electrons. The zero-order valence-electron chi connectivity index (χ0n) is 10.2. The molecule has 0 N–H and O–H groups in total. The molecule has 0 aliphatic heterocycles. The molecular formula is C13H14ClN3. The molecule has 0 saturated heterocycles. The first kappa shape index (κ1) is 12.0. The second-order valence-corrected chi connectivity index (χ2v) is 4.37. The van der Waals surface area contributed by atoms with Crippen LogP contribution in [0.1, 0.15) is 23.9 Å². The fourth-order valence-electron chi connectivity index (χ4n) is 1.66. The minimum absolute atomic E-state index is 0.522. The molecule has 2 aromatic rings. The van der Waals surface area contributed by atoms with Crippen molar-refractivity contribution >= 4 is 11.6 Å². The van der Waals surface area contributed by atoms with E-state index in [4.69, 9.17) is 11.6 Å². The van der Waals surface area contributed by atoms with Gasteiger partial charge in [0.05, 0.1) is 5.69 Å². The maximum absolute atomic E-state index is 6.12. The van der Waals surface area contributed by atoms with Crippen molar-refractivity contribution in [1.29, 1.82) is 0 Å². The molecule has 0 fully saturated rings. The molecule has 0 unspecified atom stereocenters. The van der Waals surface area contributed by atoms with E-state index in [-0.39, 0.29) is 0 Å². The van der Waals surface area contributed by atoms with E-state index in [1.165, 1.54) is 0 Å². The molecule has 0 spiro atoms. The van der Waals surface area contributed by atoms with Gasteiger partial charge in [0, 0.05) is 29.9 Å². The molecule has 0 atom stereocenters. The molecule has 0 saturated carbocycles. The lowest BCUT2D eigenvalue weighted by Gasteiger charge is -2.08. The van der Waals surface area contributed by atoms with Crippen LogP contribution in [0.2, 0.25) is 5.15 Å². The summed E-state index contributed by atoms with van der Waals surface area (Å²) in [7, 11) is 0. The summed E-state index contributed by atoms with van der Waals surface area (Å²) in [5.41, 5.74) is 3.87. The predicted molar refractivity (Wildman–Crippen MR) is 69.1 cm³/mol. The number of aromatic nitrogens is 3. The second kappa shape index (κ2) is 4.80. The van der Waals surface area contributed by atoms with Crippen molar-refractivity contribution in [2.45, 2.75) is 27.2 Å². The first-order valence-electron chi connectivity index (χ1n) is 5.57. The molecule has 3 nitrogen and oxygen atoms in total. The Hall–Kier alpha value is -1.48. The Labute approximate surface area is 106 Å². The maximum Gasteiger partial charge on any atom is 0.136 e. The van der Waals surface area contributed by atoms with Gasteiger partial charge in [-0.1, -0.05) is 18.5 Å². The number of rotatable bonds is 2. The first-order chi connectivity index (χ1) is 8.11. The molecule has 2 heterocycles. The van der Waals surface area contributed by atoms with Gasteiger partial charge in [-0.05, 0) is 25.5 Å². The molecule has 2 rings (SSSR count). The summed E-state index contributed by atoms with van der Waals surface area (Å²) in [4.78, 5) is 12.9. The molecule has 4 heteroatoms. The highest BCUT2D eigenvalue weighted by atomic mass is 35.5. The van der Waals surface area contributed by atoms with Gasteiger partial charge in [0.2, 0.25) is 0 Å². The third-order valence-electron chi connectivity index (χ3n) is 2.60. The number of nitrogens with zero attached hydrogens (tertiary/aromatic N) is 3. The summed E-state index contributed by atoms with van der Waals surface area (Å²) < 4.78 is 0. The van der Waals surface area contributed by atoms with Crippen LogP contribution in [0, 0.1) is 13.8 Å². The second-order valence-electron chi connectivity index (χ2n) is 4.01. The van der Waals surface area contributed by atoms with Crippen LogP contribution in [0.5, 0.6) is 0 Å². The van der Waals surface area contributed by atoms with Crippen LogP contribution in [-0.2, 0) is 6.42 Å². The van der Waals surface area contributed by atoms with E-state index < -0.39 is 0 Å². The zero-order valence-corrected chi connectivity index (χ0v) is 10.9. The molecule has 0 radical (unpaired) electrons. The number of aryl methyl sites for hydroxylation is 2. The first-order valence-corrected chi connectivity index (χ1v) is 5.94. The highest BCUT2D eigenvalue weighted by Gasteiger charge is 2.10. The summed E-state index contributed by atoms with van der Waals surface area (Å²) in [6, 6.07) is 2.05. The average Bonchev–Trinajstić information content (AvgIpc) is 2.32. The average molecular weight is 248 g/mol. The Morgan fingerprint density at radius 1 is 1.18 bits per heavy atom. The lowest BCUT2D eigenvalue weighted by molar-refractivity contribution is 0.933. The summed E-state index contributed by atoms with van der Waals surface area (Å²) in [5.74, 6) is 0.761. The van der Waals surface area contributed by atoms with Crippen molar-refractivity contribution in [2.75, 3.05) is 0 Å². The van der Waals surface area contributed by atoms with Gasteiger partial charge >= 0.3 is 0 Å². The van der Waals surface area contributed by atoms with Gasteiger partial charge in [0.25, 0.3) is 0 Å². The highest BCUT2D eigenvalue weighted by molar-refractivity contribution is 6.30. The van der Waals surface area contributed by atoms with E-state index in [0.717, 1.165) is 34.6 Å². The van der Waals surface area contributed by atoms with Crippen molar-refractivity contribution in [1.82, 2.24) is 15.0 Å². The van der Waals surface area contributed by atoms with Gasteiger partial charge in [0.15, 0.2) is 0 Å². The summed E-state index contributed by atoms with van der Waals surface area (Å²) in [5, 5.41) is 0.522. The molecule has 0 amide bonds. The smallest absolute Gasteiger partial charge is 0.136 e. The standard InChI is InChI=1S/C13H14ClN3/c1-4-11-16-12(9(3)13(14)17-11)10-5-8(2)6-15-7-10/h5-7H,4H2,1-3H3. The summed E-state index contributed by atoms with van der Waals surface area (Å²) in [6.45, 7) is 5.95. The molecule has 0 aromatic carbocycles. The topological polar surface area (TPSA) is 38.7 Å². The minimum atomic E-state index is 0.522. The van der Waals surface area contributed by atoms with Crippen LogP contribution in [-0.4, -0.2) is 15.0 Å². The van der Waals surface area contributed by atoms with E-state index in [0.29, 0.717) is 5.15 Å². The van der Waals surface area contributed by atoms with Gasteiger partial charge in [-0.15, -0.1) is 0 Å². The minimum Gasteiger partial charge on any atom is -0.264 e. The van der Waals surface area contributed by atoms with Gasteiger partial charge in [-0.2, -0.15) is 0 Å². The Kier molecular flexibility index (Phi) is 3.38. The maximum atomic E-state index is 6.12. The molecule has 0 aliphatic carbocycles. The van der Waals surface area contributed by atoms with Crippen LogP contribution >= 0.6 is 11.6 Å². The fourth-order valence-corrected chi connectivity index (χ4v) is 1.84. The number of hydrogen-bond donors (Lipinski definition) is 0. The predicted octanol–water partition coefficient (Wildman–Crippen LogP) is 3.37. The molecule has 0 aliphatic rings. The van der Waals surface area contributed by atoms with Crippen LogP contribution in [0.4, 0.5) is 0 Å². The third kappa shape index (κ3) is 2.44. The number of halogens is 1. The normalized spacial score (nSPS) is 10.6. The van der Waals surface area contributed by atoms with Gasteiger partial charge < -0.3 is 0 Å². The lowest BCUT2D eigenvalue weighted by Crippen LogP contribution is -2.00. The monoisotopic (exact) mass is 247 g/mol. The Bertz CT molecular complexity index is 552. The Morgan fingerprint density at radius 3 is 2.59 bits per heavy atom. The molecular weight excluding hydrogens is 234 g/mol. The Morgan fingerprint density at radius 2 is 1.94 bits per heavy atom. The van der Waals surface area contributed by atoms with Crippen molar-refractivity contribution in [3.63, 3.8) is 0 Å². The molecule has 0 bridgehead atoms. The van der Waals surface area contributed by atoms with E-state index >= 15 is 0 Å². The fraction of sp³-hybridized carbons (Fsp3) is 0.308. The number of pyridine rings is 1. The van der Waals surface area contributed by atoms with Crippen LogP contribution in [0.15, 0.2) is 18.5 Å². The molecule has 17 heavy (non-hydrogen) atoms. The van der Waals surface area contributed by atoms with Crippen LogP contribution in [0.3, 0.4) is 0 Å². The number of hydrogen-bond acceptors (Lipinski definition) is 3. The van der Waals surface area contributed by atoms with Gasteiger partial charge in [0.1, 0.15) is 11.0 Å². The highest BCUT2D eigenvalue weighted by Crippen LogP contribution is 2.25. The SMILES string of the molecule is CCc1nc(Cl)c(C)c(-c2cncc(C)c2)n1. The van der Waals surface area contributed by atoms with Crippen molar-refractivity contribution in [3.8, 4) is 11.3 Å². The Balaban J connectivity index is 2.62. The van der Waals surface area contributed by atoms with Gasteiger partial charge in [-0.25, -0.2) is 9.97 Å².